The van der Waals surface area contributed by atoms with Gasteiger partial charge < -0.3 is 9.88 Å². The fourth-order valence-corrected chi connectivity index (χ4v) is 3.56. The van der Waals surface area contributed by atoms with Crippen molar-refractivity contribution in [3.05, 3.63) is 28.4 Å². The lowest BCUT2D eigenvalue weighted by atomic mass is 9.92. The molecule has 1 fully saturated rings. The van der Waals surface area contributed by atoms with Crippen molar-refractivity contribution in [3.63, 3.8) is 0 Å². The normalized spacial score (nSPS) is 21.7. The van der Waals surface area contributed by atoms with Crippen LogP contribution >= 0.6 is 0 Å². The van der Waals surface area contributed by atoms with E-state index < -0.39 is 10.2 Å². The van der Waals surface area contributed by atoms with Crippen LogP contribution in [0.15, 0.2) is 17.2 Å². The summed E-state index contributed by atoms with van der Waals surface area (Å²) in [6, 6.07) is -0.371. The fourth-order valence-electron chi connectivity index (χ4n) is 2.71. The maximum Gasteiger partial charge on any atom is 0.279 e. The van der Waals surface area contributed by atoms with Gasteiger partial charge in [0.05, 0.1) is 6.20 Å². The Morgan fingerprint density at radius 2 is 2.08 bits per heavy atom. The summed E-state index contributed by atoms with van der Waals surface area (Å²) in [4.78, 5) is 31.4. The highest BCUT2D eigenvalue weighted by molar-refractivity contribution is 7.87. The number of carbonyl (C=O) groups excluding carboxylic acids is 1. The Morgan fingerprint density at radius 3 is 2.58 bits per heavy atom. The molecule has 9 nitrogen and oxygen atoms in total. The molecule has 2 heterocycles. The number of likely N-dealkylation sites (tertiary alicyclic amines) is 1. The molecular formula is C14H23N5O4S. The van der Waals surface area contributed by atoms with Crippen LogP contribution in [0.3, 0.4) is 0 Å². The smallest absolute Gasteiger partial charge is 0.279 e. The Kier molecular flexibility index (Phi) is 5.41. The number of rotatable bonds is 5. The lowest BCUT2D eigenvalue weighted by Gasteiger charge is -2.24. The molecule has 10 heteroatoms. The lowest BCUT2D eigenvalue weighted by Crippen LogP contribution is -2.46. The van der Waals surface area contributed by atoms with Crippen molar-refractivity contribution in [2.45, 2.75) is 19.9 Å². The SMILES string of the molecule is CC(C)[C@@H]1CN(C(=O)c2c[nH]c(=O)cn2)C[C@H]1NS(=O)(=O)N(C)C. The summed E-state index contributed by atoms with van der Waals surface area (Å²) in [5, 5.41) is 0. The molecule has 2 rings (SSSR count). The molecule has 2 N–H and O–H groups in total. The van der Waals surface area contributed by atoms with Crippen LogP contribution in [-0.2, 0) is 10.2 Å². The number of aromatic amines is 1. The molecule has 0 aliphatic carbocycles. The van der Waals surface area contributed by atoms with Gasteiger partial charge >= 0.3 is 0 Å². The highest BCUT2D eigenvalue weighted by Crippen LogP contribution is 2.26. The van der Waals surface area contributed by atoms with E-state index in [2.05, 4.69) is 14.7 Å². The van der Waals surface area contributed by atoms with Gasteiger partial charge in [0.1, 0.15) is 5.69 Å². The van der Waals surface area contributed by atoms with Crippen LogP contribution < -0.4 is 10.3 Å². The number of H-pyrrole nitrogens is 1. The number of hydrogen-bond acceptors (Lipinski definition) is 5. The van der Waals surface area contributed by atoms with Crippen LogP contribution in [0.2, 0.25) is 0 Å². The summed E-state index contributed by atoms with van der Waals surface area (Å²) in [7, 11) is -0.679. The fraction of sp³-hybridized carbons (Fsp3) is 0.643. The van der Waals surface area contributed by atoms with Crippen LogP contribution in [0.5, 0.6) is 0 Å². The van der Waals surface area contributed by atoms with E-state index in [-0.39, 0.29) is 41.6 Å². The first-order chi connectivity index (χ1) is 11.1. The number of hydrogen-bond donors (Lipinski definition) is 2. The van der Waals surface area contributed by atoms with Crippen LogP contribution in [0.1, 0.15) is 24.3 Å². The molecule has 0 unspecified atom stereocenters. The number of carbonyl (C=O) groups is 1. The third-order valence-corrected chi connectivity index (χ3v) is 5.74. The van der Waals surface area contributed by atoms with E-state index in [1.807, 2.05) is 13.8 Å². The van der Waals surface area contributed by atoms with Crippen molar-refractivity contribution in [2.24, 2.45) is 11.8 Å². The number of aromatic nitrogens is 2. The molecule has 0 radical (unpaired) electrons. The largest absolute Gasteiger partial charge is 0.335 e. The molecule has 134 valence electrons. The van der Waals surface area contributed by atoms with Gasteiger partial charge in [0, 0.05) is 39.4 Å². The van der Waals surface area contributed by atoms with Crippen LogP contribution in [0.25, 0.3) is 0 Å². The van der Waals surface area contributed by atoms with Gasteiger partial charge in [0.25, 0.3) is 21.7 Å². The third-order valence-electron chi connectivity index (χ3n) is 4.18. The van der Waals surface area contributed by atoms with Crippen molar-refractivity contribution in [1.29, 1.82) is 0 Å². The molecule has 0 aromatic carbocycles. The Labute approximate surface area is 141 Å². The summed E-state index contributed by atoms with van der Waals surface area (Å²) in [5.41, 5.74) is -0.252. The van der Waals surface area contributed by atoms with E-state index in [0.29, 0.717) is 6.54 Å². The van der Waals surface area contributed by atoms with Crippen molar-refractivity contribution >= 4 is 16.1 Å². The monoisotopic (exact) mass is 357 g/mol. The quantitative estimate of drug-likeness (QED) is 0.720. The van der Waals surface area contributed by atoms with Gasteiger partial charge in [-0.25, -0.2) is 4.98 Å². The van der Waals surface area contributed by atoms with E-state index in [1.165, 1.54) is 20.3 Å². The van der Waals surface area contributed by atoms with Gasteiger partial charge in [-0.3, -0.25) is 9.59 Å². The molecule has 1 aromatic heterocycles. The molecule has 1 amide bonds. The first kappa shape index (κ1) is 18.6. The third kappa shape index (κ3) is 4.00. The molecule has 1 aromatic rings. The van der Waals surface area contributed by atoms with Crippen LogP contribution in [0.4, 0.5) is 0 Å². The van der Waals surface area contributed by atoms with Crippen molar-refractivity contribution in [3.8, 4) is 0 Å². The topological polar surface area (TPSA) is 115 Å². The Bertz CT molecular complexity index is 738. The van der Waals surface area contributed by atoms with Gasteiger partial charge in [-0.05, 0) is 11.8 Å². The number of amides is 1. The average Bonchev–Trinajstić information content (AvgIpc) is 2.90. The first-order valence-corrected chi connectivity index (χ1v) is 9.09. The summed E-state index contributed by atoms with van der Waals surface area (Å²) in [5.74, 6) is -0.143. The second-order valence-electron chi connectivity index (χ2n) is 6.43. The minimum Gasteiger partial charge on any atom is -0.335 e. The standard InChI is InChI=1S/C14H23N5O4S/c1-9(2)10-7-19(8-12(10)17-24(22,23)18(3)4)14(21)11-5-16-13(20)6-15-11/h5-6,9-10,12,17H,7-8H2,1-4H3,(H,16,20)/t10-,12+/m0/s1. The predicted octanol–water partition coefficient (Wildman–Crippen LogP) is -0.737. The molecule has 24 heavy (non-hydrogen) atoms. The maximum atomic E-state index is 12.5. The van der Waals surface area contributed by atoms with E-state index in [0.717, 1.165) is 10.5 Å². The van der Waals surface area contributed by atoms with Crippen LogP contribution in [0, 0.1) is 11.8 Å². The van der Waals surface area contributed by atoms with Crippen molar-refractivity contribution in [2.75, 3.05) is 27.2 Å². The zero-order chi connectivity index (χ0) is 18.1. The zero-order valence-electron chi connectivity index (χ0n) is 14.2. The van der Waals surface area contributed by atoms with Gasteiger partial charge in [-0.15, -0.1) is 0 Å². The molecule has 1 aliphatic rings. The predicted molar refractivity (Wildman–Crippen MR) is 88.6 cm³/mol. The highest BCUT2D eigenvalue weighted by Gasteiger charge is 2.39. The first-order valence-electron chi connectivity index (χ1n) is 7.65. The molecule has 1 saturated heterocycles. The minimum absolute atomic E-state index is 0.00793. The number of nitrogens with one attached hydrogen (secondary N) is 2. The summed E-state index contributed by atoms with van der Waals surface area (Å²) >= 11 is 0. The highest BCUT2D eigenvalue weighted by atomic mass is 32.2. The summed E-state index contributed by atoms with van der Waals surface area (Å²) in [6.45, 7) is 4.68. The molecule has 0 bridgehead atoms. The molecule has 0 saturated carbocycles. The lowest BCUT2D eigenvalue weighted by molar-refractivity contribution is 0.0776. The van der Waals surface area contributed by atoms with Gasteiger partial charge in [-0.2, -0.15) is 17.4 Å². The Balaban J connectivity index is 2.19. The van der Waals surface area contributed by atoms with Gasteiger partial charge in [-0.1, -0.05) is 13.8 Å². The average molecular weight is 357 g/mol. The van der Waals surface area contributed by atoms with Gasteiger partial charge in [0.2, 0.25) is 0 Å². The Morgan fingerprint density at radius 1 is 1.42 bits per heavy atom. The maximum absolute atomic E-state index is 12.5. The van der Waals surface area contributed by atoms with E-state index in [4.69, 9.17) is 0 Å². The number of nitrogens with zero attached hydrogens (tertiary/aromatic N) is 3. The summed E-state index contributed by atoms with van der Waals surface area (Å²) in [6.07, 6.45) is 2.32. The van der Waals surface area contributed by atoms with E-state index in [1.54, 1.807) is 4.90 Å². The molecular weight excluding hydrogens is 334 g/mol. The van der Waals surface area contributed by atoms with Gasteiger partial charge in [0.15, 0.2) is 0 Å². The molecule has 0 spiro atoms. The van der Waals surface area contributed by atoms with E-state index in [9.17, 15) is 18.0 Å². The second-order valence-corrected chi connectivity index (χ2v) is 8.34. The van der Waals surface area contributed by atoms with E-state index >= 15 is 0 Å². The van der Waals surface area contributed by atoms with Crippen molar-refractivity contribution in [1.82, 2.24) is 23.9 Å². The van der Waals surface area contributed by atoms with Crippen LogP contribution in [-0.4, -0.2) is 66.7 Å². The summed E-state index contributed by atoms with van der Waals surface area (Å²) < 4.78 is 28.0. The second kappa shape index (κ2) is 6.99. The van der Waals surface area contributed by atoms with Crippen molar-refractivity contribution < 1.29 is 13.2 Å². The Hall–Kier alpha value is -1.78. The molecule has 2 atom stereocenters. The zero-order valence-corrected chi connectivity index (χ0v) is 15.0. The minimum atomic E-state index is -3.59. The molecule has 1 aliphatic heterocycles.